The predicted molar refractivity (Wildman–Crippen MR) is 150 cm³/mol. The van der Waals surface area contributed by atoms with Crippen LogP contribution in [0.5, 0.6) is 5.88 Å². The summed E-state index contributed by atoms with van der Waals surface area (Å²) in [6.45, 7) is 5.71. The van der Waals surface area contributed by atoms with E-state index in [4.69, 9.17) is 10.5 Å². The van der Waals surface area contributed by atoms with Gasteiger partial charge in [-0.1, -0.05) is 31.7 Å². The maximum absolute atomic E-state index is 14.1. The van der Waals surface area contributed by atoms with Crippen molar-refractivity contribution in [2.24, 2.45) is 0 Å². The molecule has 4 aromatic rings. The number of allylic oxidation sites excluding steroid dienone is 5. The van der Waals surface area contributed by atoms with Gasteiger partial charge in [0.05, 0.1) is 34.3 Å². The molecule has 2 aromatic carbocycles. The molecule has 0 atom stereocenters. The van der Waals surface area contributed by atoms with Crippen LogP contribution in [0.4, 0.5) is 20.4 Å². The van der Waals surface area contributed by atoms with E-state index < -0.39 is 11.6 Å². The first-order valence-corrected chi connectivity index (χ1v) is 12.4. The van der Waals surface area contributed by atoms with Gasteiger partial charge in [-0.15, -0.1) is 0 Å². The third-order valence-corrected chi connectivity index (χ3v) is 6.35. The number of anilines is 2. The van der Waals surface area contributed by atoms with Crippen LogP contribution in [0, 0.1) is 11.6 Å². The molecule has 3 N–H and O–H groups in total. The fourth-order valence-electron chi connectivity index (χ4n) is 3.69. The number of fused-ring (bicyclic) bond motifs is 1. The van der Waals surface area contributed by atoms with E-state index in [1.54, 1.807) is 48.7 Å². The first kappa shape index (κ1) is 26.6. The zero-order valence-electron chi connectivity index (χ0n) is 20.7. The summed E-state index contributed by atoms with van der Waals surface area (Å²) in [5.41, 5.74) is 8.33. The number of halogens is 2. The Morgan fingerprint density at radius 2 is 2.03 bits per heavy atom. The van der Waals surface area contributed by atoms with Gasteiger partial charge in [0, 0.05) is 17.8 Å². The average Bonchev–Trinajstić information content (AvgIpc) is 2.91. The fourth-order valence-corrected chi connectivity index (χ4v) is 4.49. The molecule has 2 aromatic heterocycles. The number of aromatic nitrogens is 3. The van der Waals surface area contributed by atoms with Crippen molar-refractivity contribution in [2.45, 2.75) is 18.2 Å². The number of rotatable bonds is 9. The molecule has 194 valence electrons. The highest BCUT2D eigenvalue weighted by molar-refractivity contribution is 8.00. The number of methoxy groups -OCH3 is 1. The molecule has 4 rings (SSSR count). The summed E-state index contributed by atoms with van der Waals surface area (Å²) in [6.07, 6.45) is 9.37. The monoisotopic (exact) mass is 533 g/mol. The first-order valence-electron chi connectivity index (χ1n) is 11.6. The second kappa shape index (κ2) is 11.7. The SMILES string of the molecule is C=C/C=C(\C=C/CC)n1c(N)nc2ccc(-c3cnc(OC)c(SNc4ccc(F)cc4F)c3)cc2c1=O. The van der Waals surface area contributed by atoms with Crippen LogP contribution >= 0.6 is 11.9 Å². The van der Waals surface area contributed by atoms with E-state index >= 15 is 0 Å². The lowest BCUT2D eigenvalue weighted by Crippen LogP contribution is -2.23. The Hall–Kier alpha value is -4.44. The molecule has 7 nitrogen and oxygen atoms in total. The normalized spacial score (nSPS) is 11.7. The minimum Gasteiger partial charge on any atom is -0.480 e. The maximum Gasteiger partial charge on any atom is 0.267 e. The van der Waals surface area contributed by atoms with Gasteiger partial charge in [-0.2, -0.15) is 0 Å². The molecule has 0 aliphatic carbocycles. The number of nitrogens with zero attached hydrogens (tertiary/aromatic N) is 3. The highest BCUT2D eigenvalue weighted by Gasteiger charge is 2.14. The van der Waals surface area contributed by atoms with E-state index in [2.05, 4.69) is 21.3 Å². The summed E-state index contributed by atoms with van der Waals surface area (Å²) in [7, 11) is 1.47. The van der Waals surface area contributed by atoms with Crippen molar-refractivity contribution in [1.29, 1.82) is 0 Å². The Morgan fingerprint density at radius 3 is 2.74 bits per heavy atom. The number of nitrogens with two attached hydrogens (primary N) is 1. The first-order chi connectivity index (χ1) is 18.4. The Labute approximate surface area is 222 Å². The van der Waals surface area contributed by atoms with Crippen molar-refractivity contribution in [3.05, 3.63) is 102 Å². The molecule has 0 spiro atoms. The largest absolute Gasteiger partial charge is 0.480 e. The van der Waals surface area contributed by atoms with Gasteiger partial charge in [-0.25, -0.2) is 23.3 Å². The number of ether oxygens (including phenoxy) is 1. The van der Waals surface area contributed by atoms with Gasteiger partial charge in [0.2, 0.25) is 11.8 Å². The van der Waals surface area contributed by atoms with Crippen molar-refractivity contribution in [3.63, 3.8) is 0 Å². The lowest BCUT2D eigenvalue weighted by Gasteiger charge is -2.13. The number of nitrogens with one attached hydrogen (secondary N) is 1. The van der Waals surface area contributed by atoms with E-state index in [9.17, 15) is 13.6 Å². The molecular weight excluding hydrogens is 508 g/mol. The molecule has 0 aliphatic heterocycles. The third kappa shape index (κ3) is 5.60. The molecule has 0 bridgehead atoms. The molecule has 0 fully saturated rings. The molecular formula is C28H25F2N5O2S. The zero-order valence-corrected chi connectivity index (χ0v) is 21.6. The van der Waals surface area contributed by atoms with Gasteiger partial charge >= 0.3 is 0 Å². The van der Waals surface area contributed by atoms with Crippen LogP contribution in [0.2, 0.25) is 0 Å². The molecule has 0 amide bonds. The number of hydrogen-bond acceptors (Lipinski definition) is 7. The molecule has 0 saturated carbocycles. The van der Waals surface area contributed by atoms with E-state index in [1.165, 1.54) is 17.7 Å². The van der Waals surface area contributed by atoms with Crippen molar-refractivity contribution in [3.8, 4) is 17.0 Å². The zero-order chi connectivity index (χ0) is 27.2. The van der Waals surface area contributed by atoms with Gasteiger partial charge in [0.25, 0.3) is 5.56 Å². The average molecular weight is 534 g/mol. The Balaban J connectivity index is 1.75. The van der Waals surface area contributed by atoms with E-state index in [0.29, 0.717) is 38.5 Å². The number of hydrogen-bond donors (Lipinski definition) is 2. The standard InChI is InChI=1S/C28H25F2N5O2S/c1-4-6-8-20(7-5-2)35-27(36)21-13-17(9-11-23(21)33-28(35)31)18-14-25(26(37-3)32-16-18)38-34-24-12-10-19(29)15-22(24)30/h5-16,34H,2,4H2,1,3H3,(H2,31,33)/b8-6-,20-7+. The van der Waals surface area contributed by atoms with Crippen LogP contribution in [0.1, 0.15) is 13.3 Å². The minimum absolute atomic E-state index is 0.0630. The maximum atomic E-state index is 14.1. The molecule has 0 saturated heterocycles. The Bertz CT molecular complexity index is 1630. The van der Waals surface area contributed by atoms with Crippen molar-refractivity contribution in [2.75, 3.05) is 17.6 Å². The summed E-state index contributed by atoms with van der Waals surface area (Å²) in [6, 6.07) is 10.3. The number of benzene rings is 2. The molecule has 0 unspecified atom stereocenters. The summed E-state index contributed by atoms with van der Waals surface area (Å²) in [5, 5.41) is 0.369. The third-order valence-electron chi connectivity index (χ3n) is 5.51. The second-order valence-electron chi connectivity index (χ2n) is 8.04. The summed E-state index contributed by atoms with van der Waals surface area (Å²) in [4.78, 5) is 22.9. The molecule has 2 heterocycles. The van der Waals surface area contributed by atoms with E-state index in [0.717, 1.165) is 30.5 Å². The van der Waals surface area contributed by atoms with Crippen LogP contribution in [0.25, 0.3) is 27.7 Å². The fraction of sp³-hybridized carbons (Fsp3) is 0.107. The summed E-state index contributed by atoms with van der Waals surface area (Å²) >= 11 is 1.06. The quantitative estimate of drug-likeness (QED) is 0.189. The van der Waals surface area contributed by atoms with Crippen molar-refractivity contribution >= 4 is 40.2 Å². The van der Waals surface area contributed by atoms with Gasteiger partial charge in [0.1, 0.15) is 11.6 Å². The van der Waals surface area contributed by atoms with Gasteiger partial charge in [-0.05, 0) is 66.4 Å². The lowest BCUT2D eigenvalue weighted by atomic mass is 10.1. The van der Waals surface area contributed by atoms with Crippen LogP contribution in [-0.4, -0.2) is 21.6 Å². The highest BCUT2D eigenvalue weighted by Crippen LogP contribution is 2.33. The highest BCUT2D eigenvalue weighted by atomic mass is 32.2. The molecule has 0 radical (unpaired) electrons. The van der Waals surface area contributed by atoms with Crippen molar-refractivity contribution in [1.82, 2.24) is 14.5 Å². The summed E-state index contributed by atoms with van der Waals surface area (Å²) < 4.78 is 36.9. The molecule has 0 aliphatic rings. The smallest absolute Gasteiger partial charge is 0.267 e. The Kier molecular flexibility index (Phi) is 8.22. The minimum atomic E-state index is -0.725. The van der Waals surface area contributed by atoms with Crippen LogP contribution in [0.15, 0.2) is 89.2 Å². The lowest BCUT2D eigenvalue weighted by molar-refractivity contribution is 0.387. The summed E-state index contributed by atoms with van der Waals surface area (Å²) in [5.74, 6) is -1.02. The molecule has 10 heteroatoms. The van der Waals surface area contributed by atoms with E-state index in [1.807, 2.05) is 13.0 Å². The number of pyridine rings is 1. The predicted octanol–water partition coefficient (Wildman–Crippen LogP) is 6.44. The van der Waals surface area contributed by atoms with Gasteiger partial charge in [-0.3, -0.25) is 4.79 Å². The van der Waals surface area contributed by atoms with E-state index in [-0.39, 0.29) is 17.2 Å². The second-order valence-corrected chi connectivity index (χ2v) is 8.89. The topological polar surface area (TPSA) is 95.1 Å². The van der Waals surface area contributed by atoms with Crippen LogP contribution < -0.4 is 20.8 Å². The van der Waals surface area contributed by atoms with Crippen LogP contribution in [0.3, 0.4) is 0 Å². The number of nitrogen functional groups attached to an aromatic ring is 1. The van der Waals surface area contributed by atoms with Gasteiger partial charge < -0.3 is 15.2 Å². The Morgan fingerprint density at radius 1 is 1.21 bits per heavy atom. The van der Waals surface area contributed by atoms with Gasteiger partial charge in [0.15, 0.2) is 0 Å². The van der Waals surface area contributed by atoms with Crippen molar-refractivity contribution < 1.29 is 13.5 Å². The van der Waals surface area contributed by atoms with Crippen LogP contribution in [-0.2, 0) is 0 Å². The molecule has 38 heavy (non-hydrogen) atoms.